The number of nitrogens with zero attached hydrogens (tertiary/aromatic N) is 3. The highest BCUT2D eigenvalue weighted by Crippen LogP contribution is 2.45. The van der Waals surface area contributed by atoms with Gasteiger partial charge in [-0.2, -0.15) is 0 Å². The van der Waals surface area contributed by atoms with Crippen LogP contribution in [0.5, 0.6) is 0 Å². The molecule has 4 heterocycles. The molecule has 0 radical (unpaired) electrons. The summed E-state index contributed by atoms with van der Waals surface area (Å²) in [7, 11) is 0. The van der Waals surface area contributed by atoms with E-state index < -0.39 is 0 Å². The van der Waals surface area contributed by atoms with E-state index in [1.54, 1.807) is 0 Å². The normalized spacial score (nSPS) is 14.9. The Balaban J connectivity index is 1.04. The Morgan fingerprint density at radius 3 is 1.96 bits per heavy atom. The van der Waals surface area contributed by atoms with Gasteiger partial charge in [0.05, 0.1) is 11.0 Å². The number of hydrogen-bond donors (Lipinski definition) is 1. The Kier molecular flexibility index (Phi) is 6.32. The van der Waals surface area contributed by atoms with E-state index in [4.69, 9.17) is 9.98 Å². The minimum atomic E-state index is -0.226. The van der Waals surface area contributed by atoms with Crippen LogP contribution in [0.25, 0.3) is 67.8 Å². The van der Waals surface area contributed by atoms with Crippen molar-refractivity contribution in [3.8, 4) is 5.69 Å². The number of amidine groups is 2. The monoisotopic (exact) mass is 688 g/mol. The largest absolute Gasteiger partial charge is 0.344 e. The van der Waals surface area contributed by atoms with Crippen LogP contribution in [-0.4, -0.2) is 16.2 Å². The molecule has 0 amide bonds. The second kappa shape index (κ2) is 11.2. The van der Waals surface area contributed by atoms with Crippen LogP contribution < -0.4 is 5.32 Å². The van der Waals surface area contributed by atoms with Crippen molar-refractivity contribution in [2.24, 2.45) is 9.98 Å². The lowest BCUT2D eigenvalue weighted by Gasteiger charge is -2.23. The number of aromatic nitrogens is 1. The first kappa shape index (κ1) is 28.7. The number of aliphatic imine (C=N–C) groups is 2. The molecule has 0 bridgehead atoms. The highest BCUT2D eigenvalue weighted by molar-refractivity contribution is 7.29. The molecule has 0 fully saturated rings. The predicted octanol–water partition coefficient (Wildman–Crippen LogP) is 12.0. The fourth-order valence-corrected chi connectivity index (χ4v) is 10.2. The van der Waals surface area contributed by atoms with E-state index in [0.717, 1.165) is 28.4 Å². The molecule has 1 atom stereocenters. The molecule has 51 heavy (non-hydrogen) atoms. The first-order valence-electron chi connectivity index (χ1n) is 17.1. The molecule has 3 aromatic heterocycles. The highest BCUT2D eigenvalue weighted by Gasteiger charge is 2.22. The Morgan fingerprint density at radius 2 is 1.18 bits per heavy atom. The number of thiophene rings is 2. The summed E-state index contributed by atoms with van der Waals surface area (Å²) >= 11 is 3.76. The Hall–Kier alpha value is -6.08. The van der Waals surface area contributed by atoms with Crippen LogP contribution in [0.15, 0.2) is 168 Å². The number of para-hydroxylation sites is 2. The number of hydrogen-bond acceptors (Lipinski definition) is 5. The van der Waals surface area contributed by atoms with Crippen molar-refractivity contribution in [2.75, 3.05) is 0 Å². The number of rotatable bonds is 4. The van der Waals surface area contributed by atoms with E-state index in [2.05, 4.69) is 143 Å². The van der Waals surface area contributed by atoms with Gasteiger partial charge in [-0.3, -0.25) is 0 Å². The van der Waals surface area contributed by atoms with Crippen LogP contribution in [0.2, 0.25) is 0 Å². The standard InChI is InChI=1S/C45H28N4S2/c1-3-11-27(12-4-1)43-46-44(28-13-5-2-6-14-28)48-45(47-43)29-19-21-33-34-23-24-38-41(42(34)51-39(33)25-29)35-22-20-30(26-40(35)50-38)49-36-17-9-7-15-31(36)32-16-8-10-18-37(32)49/h1-26,43H,(H,46,47,48). The SMILES string of the molecule is c1ccc(C2=NC(c3ccccc3)NC(c3ccc4c(c3)sc3c4ccc4sc5cc(-n6c7ccccc7c7ccccc76)ccc5c43)=N2)cc1. The minimum absolute atomic E-state index is 0.226. The number of fused-ring (bicyclic) bond motifs is 10. The van der Waals surface area contributed by atoms with Crippen molar-refractivity contribution in [1.29, 1.82) is 0 Å². The Labute approximate surface area is 301 Å². The highest BCUT2D eigenvalue weighted by atomic mass is 32.1. The van der Waals surface area contributed by atoms with Gasteiger partial charge in [0.1, 0.15) is 12.0 Å². The third-order valence-corrected chi connectivity index (χ3v) is 12.4. The van der Waals surface area contributed by atoms with Gasteiger partial charge >= 0.3 is 0 Å². The van der Waals surface area contributed by atoms with Gasteiger partial charge in [-0.05, 0) is 42.0 Å². The summed E-state index contributed by atoms with van der Waals surface area (Å²) in [5.41, 5.74) is 6.83. The van der Waals surface area contributed by atoms with Crippen LogP contribution >= 0.6 is 22.7 Å². The second-order valence-electron chi connectivity index (χ2n) is 13.0. The fourth-order valence-electron chi connectivity index (χ4n) is 7.69. The summed E-state index contributed by atoms with van der Waals surface area (Å²) in [5, 5.41) is 11.4. The third kappa shape index (κ3) is 4.50. The Morgan fingerprint density at radius 1 is 0.510 bits per heavy atom. The van der Waals surface area contributed by atoms with E-state index in [0.29, 0.717) is 0 Å². The second-order valence-corrected chi connectivity index (χ2v) is 15.2. The molecule has 0 aliphatic carbocycles. The van der Waals surface area contributed by atoms with E-state index in [1.165, 1.54) is 67.8 Å². The van der Waals surface area contributed by atoms with Gasteiger partial charge in [0.15, 0.2) is 5.84 Å². The molecule has 0 spiro atoms. The maximum absolute atomic E-state index is 5.07. The molecular weight excluding hydrogens is 661 g/mol. The summed E-state index contributed by atoms with van der Waals surface area (Å²) in [6.45, 7) is 0. The molecule has 6 heteroatoms. The topological polar surface area (TPSA) is 41.7 Å². The average molecular weight is 689 g/mol. The van der Waals surface area contributed by atoms with Crippen LogP contribution in [0.1, 0.15) is 22.9 Å². The Bertz CT molecular complexity index is 3000. The van der Waals surface area contributed by atoms with Gasteiger partial charge < -0.3 is 9.88 Å². The molecule has 240 valence electrons. The van der Waals surface area contributed by atoms with E-state index in [9.17, 15) is 0 Å². The van der Waals surface area contributed by atoms with Crippen molar-refractivity contribution in [3.63, 3.8) is 0 Å². The van der Waals surface area contributed by atoms with Crippen LogP contribution in [0.4, 0.5) is 0 Å². The van der Waals surface area contributed by atoms with E-state index in [-0.39, 0.29) is 6.17 Å². The molecule has 7 aromatic carbocycles. The molecule has 1 aliphatic rings. The lowest BCUT2D eigenvalue weighted by Crippen LogP contribution is -2.33. The van der Waals surface area contributed by atoms with Crippen molar-refractivity contribution < 1.29 is 0 Å². The molecule has 1 aliphatic heterocycles. The van der Waals surface area contributed by atoms with Crippen molar-refractivity contribution in [1.82, 2.24) is 9.88 Å². The minimum Gasteiger partial charge on any atom is -0.344 e. The van der Waals surface area contributed by atoms with Crippen LogP contribution in [-0.2, 0) is 0 Å². The smallest absolute Gasteiger partial charge is 0.159 e. The molecular formula is C45H28N4S2. The van der Waals surface area contributed by atoms with Gasteiger partial charge in [-0.1, -0.05) is 121 Å². The molecule has 0 saturated carbocycles. The summed E-state index contributed by atoms with van der Waals surface area (Å²) in [5.74, 6) is 1.57. The maximum atomic E-state index is 5.07. The van der Waals surface area contributed by atoms with Gasteiger partial charge in [-0.15, -0.1) is 22.7 Å². The van der Waals surface area contributed by atoms with Gasteiger partial charge in [0.25, 0.3) is 0 Å². The van der Waals surface area contributed by atoms with Gasteiger partial charge in [-0.25, -0.2) is 9.98 Å². The quantitative estimate of drug-likeness (QED) is 0.196. The fraction of sp³-hybridized carbons (Fsp3) is 0.0222. The van der Waals surface area contributed by atoms with Crippen molar-refractivity contribution >= 4 is 96.5 Å². The van der Waals surface area contributed by atoms with E-state index in [1.807, 2.05) is 46.9 Å². The number of benzene rings is 7. The molecule has 11 rings (SSSR count). The maximum Gasteiger partial charge on any atom is 0.159 e. The summed E-state index contributed by atoms with van der Waals surface area (Å²) < 4.78 is 7.61. The summed E-state index contributed by atoms with van der Waals surface area (Å²) in [6.07, 6.45) is -0.226. The molecule has 4 nitrogen and oxygen atoms in total. The summed E-state index contributed by atoms with van der Waals surface area (Å²) in [4.78, 5) is 10.1. The molecule has 0 saturated heterocycles. The van der Waals surface area contributed by atoms with Crippen LogP contribution in [0, 0.1) is 0 Å². The zero-order valence-corrected chi connectivity index (χ0v) is 28.9. The lowest BCUT2D eigenvalue weighted by atomic mass is 10.1. The third-order valence-electron chi connectivity index (χ3n) is 10.1. The van der Waals surface area contributed by atoms with Crippen molar-refractivity contribution in [2.45, 2.75) is 6.17 Å². The molecule has 1 unspecified atom stereocenters. The lowest BCUT2D eigenvalue weighted by molar-refractivity contribution is 0.674. The number of nitrogens with one attached hydrogen (secondary N) is 1. The predicted molar refractivity (Wildman–Crippen MR) is 218 cm³/mol. The molecule has 1 N–H and O–H groups in total. The zero-order chi connectivity index (χ0) is 33.5. The first-order valence-corrected chi connectivity index (χ1v) is 18.7. The van der Waals surface area contributed by atoms with Crippen LogP contribution in [0.3, 0.4) is 0 Å². The van der Waals surface area contributed by atoms with Gasteiger partial charge in [0, 0.05) is 67.9 Å². The summed E-state index contributed by atoms with van der Waals surface area (Å²) in [6, 6.07) is 56.4. The first-order chi connectivity index (χ1) is 25.3. The van der Waals surface area contributed by atoms with E-state index >= 15 is 0 Å². The van der Waals surface area contributed by atoms with Crippen molar-refractivity contribution in [3.05, 3.63) is 174 Å². The zero-order valence-electron chi connectivity index (χ0n) is 27.2. The average Bonchev–Trinajstić information content (AvgIpc) is 3.87. The molecule has 10 aromatic rings. The van der Waals surface area contributed by atoms with Gasteiger partial charge in [0.2, 0.25) is 0 Å².